The highest BCUT2D eigenvalue weighted by Crippen LogP contribution is 2.35. The highest BCUT2D eigenvalue weighted by atomic mass is 19.4. The molecule has 2 rings (SSSR count). The first kappa shape index (κ1) is 15.2. The van der Waals surface area contributed by atoms with Crippen LogP contribution in [0.4, 0.5) is 18.9 Å². The fourth-order valence-corrected chi connectivity index (χ4v) is 2.61. The van der Waals surface area contributed by atoms with Gasteiger partial charge in [0, 0.05) is 18.8 Å². The third kappa shape index (κ3) is 3.45. The number of aliphatic hydroxyl groups is 1. The van der Waals surface area contributed by atoms with E-state index in [2.05, 4.69) is 0 Å². The number of alkyl halides is 3. The molecular formula is C15H20F3NO. The number of nitrogens with zero attached hydrogens (tertiary/aromatic N) is 1. The summed E-state index contributed by atoms with van der Waals surface area (Å²) in [5, 5.41) is 9.72. The predicted molar refractivity (Wildman–Crippen MR) is 72.7 cm³/mol. The summed E-state index contributed by atoms with van der Waals surface area (Å²) in [7, 11) is 0. The van der Waals surface area contributed by atoms with E-state index in [-0.39, 0.29) is 12.8 Å². The molecule has 20 heavy (non-hydrogen) atoms. The maximum Gasteiger partial charge on any atom is 0.391 e. The van der Waals surface area contributed by atoms with Gasteiger partial charge < -0.3 is 10.0 Å². The smallest absolute Gasteiger partial charge is 0.388 e. The molecule has 0 bridgehead atoms. The first-order valence-corrected chi connectivity index (χ1v) is 7.01. The van der Waals surface area contributed by atoms with Crippen LogP contribution in [0.2, 0.25) is 0 Å². The van der Waals surface area contributed by atoms with Gasteiger partial charge >= 0.3 is 6.18 Å². The second kappa shape index (κ2) is 6.04. The average Bonchev–Trinajstić information content (AvgIpc) is 2.46. The first-order valence-electron chi connectivity index (χ1n) is 7.01. The Morgan fingerprint density at radius 3 is 2.20 bits per heavy atom. The summed E-state index contributed by atoms with van der Waals surface area (Å²) in [5.41, 5.74) is 1.78. The van der Waals surface area contributed by atoms with E-state index in [1.165, 1.54) is 0 Å². The van der Waals surface area contributed by atoms with Crippen molar-refractivity contribution in [3.05, 3.63) is 29.8 Å². The fourth-order valence-electron chi connectivity index (χ4n) is 2.61. The van der Waals surface area contributed by atoms with E-state index in [1.807, 2.05) is 36.1 Å². The van der Waals surface area contributed by atoms with E-state index in [9.17, 15) is 18.3 Å². The zero-order valence-corrected chi connectivity index (χ0v) is 11.5. The minimum absolute atomic E-state index is 0.156. The summed E-state index contributed by atoms with van der Waals surface area (Å²) in [6.45, 7) is 2.76. The SMILES string of the molecule is CCC(O)c1ccc(N2CCC(C(F)(F)F)CC2)cc1. The van der Waals surface area contributed by atoms with Crippen LogP contribution in [-0.4, -0.2) is 24.4 Å². The minimum Gasteiger partial charge on any atom is -0.388 e. The molecule has 1 saturated heterocycles. The van der Waals surface area contributed by atoms with E-state index in [0.717, 1.165) is 11.3 Å². The summed E-state index contributed by atoms with van der Waals surface area (Å²) in [5.74, 6) is -1.17. The van der Waals surface area contributed by atoms with Crippen molar-refractivity contribution in [2.75, 3.05) is 18.0 Å². The lowest BCUT2D eigenvalue weighted by Crippen LogP contribution is -2.38. The second-order valence-corrected chi connectivity index (χ2v) is 5.32. The molecule has 1 aliphatic heterocycles. The fraction of sp³-hybridized carbons (Fsp3) is 0.600. The van der Waals surface area contributed by atoms with Crippen LogP contribution in [0.3, 0.4) is 0 Å². The Labute approximate surface area is 117 Å². The molecule has 0 saturated carbocycles. The van der Waals surface area contributed by atoms with Crippen molar-refractivity contribution >= 4 is 5.69 Å². The van der Waals surface area contributed by atoms with Crippen LogP contribution in [0.5, 0.6) is 0 Å². The molecule has 0 aromatic heterocycles. The number of benzene rings is 1. The van der Waals surface area contributed by atoms with Gasteiger partial charge in [-0.2, -0.15) is 13.2 Å². The van der Waals surface area contributed by atoms with Crippen molar-refractivity contribution < 1.29 is 18.3 Å². The van der Waals surface area contributed by atoms with Gasteiger partial charge in [0.1, 0.15) is 0 Å². The average molecular weight is 287 g/mol. The zero-order valence-electron chi connectivity index (χ0n) is 11.5. The number of anilines is 1. The van der Waals surface area contributed by atoms with Gasteiger partial charge in [0.05, 0.1) is 12.0 Å². The molecule has 112 valence electrons. The lowest BCUT2D eigenvalue weighted by molar-refractivity contribution is -0.179. The van der Waals surface area contributed by atoms with Gasteiger partial charge in [0.2, 0.25) is 0 Å². The molecule has 1 heterocycles. The highest BCUT2D eigenvalue weighted by molar-refractivity contribution is 5.48. The van der Waals surface area contributed by atoms with Gasteiger partial charge in [-0.15, -0.1) is 0 Å². The Bertz CT molecular complexity index is 422. The van der Waals surface area contributed by atoms with Crippen LogP contribution in [0.25, 0.3) is 0 Å². The van der Waals surface area contributed by atoms with Crippen LogP contribution >= 0.6 is 0 Å². The highest BCUT2D eigenvalue weighted by Gasteiger charge is 2.41. The molecule has 2 nitrogen and oxygen atoms in total. The van der Waals surface area contributed by atoms with Crippen molar-refractivity contribution in [3.8, 4) is 0 Å². The molecule has 0 radical (unpaired) electrons. The Morgan fingerprint density at radius 2 is 1.75 bits per heavy atom. The summed E-state index contributed by atoms with van der Waals surface area (Å²) in [6, 6.07) is 7.45. The van der Waals surface area contributed by atoms with Crippen molar-refractivity contribution in [1.29, 1.82) is 0 Å². The molecule has 1 fully saturated rings. The minimum atomic E-state index is -4.07. The monoisotopic (exact) mass is 287 g/mol. The number of hydrogen-bond acceptors (Lipinski definition) is 2. The van der Waals surface area contributed by atoms with Crippen LogP contribution in [0, 0.1) is 5.92 Å². The zero-order chi connectivity index (χ0) is 14.8. The molecule has 1 aromatic rings. The molecule has 5 heteroatoms. The number of hydrogen-bond donors (Lipinski definition) is 1. The Hall–Kier alpha value is -1.23. The van der Waals surface area contributed by atoms with E-state index < -0.39 is 18.2 Å². The summed E-state index contributed by atoms with van der Waals surface area (Å²) < 4.78 is 37.8. The molecule has 1 N–H and O–H groups in total. The molecular weight excluding hydrogens is 267 g/mol. The van der Waals surface area contributed by atoms with Crippen molar-refractivity contribution in [1.82, 2.24) is 0 Å². The maximum atomic E-state index is 12.6. The largest absolute Gasteiger partial charge is 0.391 e. The summed E-state index contributed by atoms with van der Waals surface area (Å²) in [6.07, 6.45) is -3.58. The van der Waals surface area contributed by atoms with Gasteiger partial charge in [-0.05, 0) is 37.0 Å². The van der Waals surface area contributed by atoms with Gasteiger partial charge in [-0.3, -0.25) is 0 Å². The van der Waals surface area contributed by atoms with E-state index in [1.54, 1.807) is 0 Å². The van der Waals surface area contributed by atoms with E-state index in [4.69, 9.17) is 0 Å². The maximum absolute atomic E-state index is 12.6. The third-order valence-electron chi connectivity index (χ3n) is 3.99. The number of rotatable bonds is 3. The molecule has 1 atom stereocenters. The topological polar surface area (TPSA) is 23.5 Å². The summed E-state index contributed by atoms with van der Waals surface area (Å²) in [4.78, 5) is 1.98. The third-order valence-corrected chi connectivity index (χ3v) is 3.99. The molecule has 0 aliphatic carbocycles. The van der Waals surface area contributed by atoms with Crippen molar-refractivity contribution in [3.63, 3.8) is 0 Å². The van der Waals surface area contributed by atoms with Crippen LogP contribution < -0.4 is 4.90 Å². The van der Waals surface area contributed by atoms with Gasteiger partial charge in [0.25, 0.3) is 0 Å². The Morgan fingerprint density at radius 1 is 1.20 bits per heavy atom. The van der Waals surface area contributed by atoms with E-state index in [0.29, 0.717) is 19.5 Å². The van der Waals surface area contributed by atoms with Crippen LogP contribution in [0.1, 0.15) is 37.9 Å². The second-order valence-electron chi connectivity index (χ2n) is 5.32. The first-order chi connectivity index (χ1) is 9.41. The Kier molecular flexibility index (Phi) is 4.58. The predicted octanol–water partition coefficient (Wildman–Crippen LogP) is 3.91. The number of aliphatic hydroxyl groups excluding tert-OH is 1. The number of halogens is 3. The molecule has 0 spiro atoms. The normalized spacial score (nSPS) is 19.1. The molecule has 0 amide bonds. The molecule has 1 aromatic carbocycles. The van der Waals surface area contributed by atoms with Crippen molar-refractivity contribution in [2.45, 2.75) is 38.5 Å². The van der Waals surface area contributed by atoms with E-state index >= 15 is 0 Å². The van der Waals surface area contributed by atoms with Crippen LogP contribution in [-0.2, 0) is 0 Å². The summed E-state index contributed by atoms with van der Waals surface area (Å²) >= 11 is 0. The van der Waals surface area contributed by atoms with Gasteiger partial charge in [-0.25, -0.2) is 0 Å². The number of piperidine rings is 1. The lowest BCUT2D eigenvalue weighted by atomic mass is 9.95. The quantitative estimate of drug-likeness (QED) is 0.911. The van der Waals surface area contributed by atoms with Gasteiger partial charge in [-0.1, -0.05) is 19.1 Å². The lowest BCUT2D eigenvalue weighted by Gasteiger charge is -2.34. The molecule has 1 unspecified atom stereocenters. The van der Waals surface area contributed by atoms with Crippen molar-refractivity contribution in [2.24, 2.45) is 5.92 Å². The standard InChI is InChI=1S/C15H20F3NO/c1-2-14(20)11-3-5-13(6-4-11)19-9-7-12(8-10-19)15(16,17)18/h3-6,12,14,20H,2,7-10H2,1H3. The molecule has 1 aliphatic rings. The Balaban J connectivity index is 1.97. The van der Waals surface area contributed by atoms with Crippen LogP contribution in [0.15, 0.2) is 24.3 Å². The van der Waals surface area contributed by atoms with Gasteiger partial charge in [0.15, 0.2) is 0 Å².